The fourth-order valence-corrected chi connectivity index (χ4v) is 2.84. The number of benzene rings is 2. The molecule has 1 aromatic heterocycles. The van der Waals surface area contributed by atoms with Gasteiger partial charge in [0, 0.05) is 11.3 Å². The summed E-state index contributed by atoms with van der Waals surface area (Å²) in [6, 6.07) is 15.1. The van der Waals surface area contributed by atoms with Crippen LogP contribution in [0.5, 0.6) is 5.75 Å². The predicted molar refractivity (Wildman–Crippen MR) is 105 cm³/mol. The molecule has 0 aliphatic carbocycles. The van der Waals surface area contributed by atoms with E-state index in [1.54, 1.807) is 12.1 Å². The molecule has 0 saturated carbocycles. The zero-order valence-electron chi connectivity index (χ0n) is 15.9. The van der Waals surface area contributed by atoms with Crippen molar-refractivity contribution in [3.05, 3.63) is 76.7 Å². The molecule has 5 heteroatoms. The molecule has 1 N–H and O–H groups in total. The quantitative estimate of drug-likeness (QED) is 0.635. The van der Waals surface area contributed by atoms with Crippen LogP contribution in [0.1, 0.15) is 46.3 Å². The highest BCUT2D eigenvalue weighted by Crippen LogP contribution is 2.19. The summed E-state index contributed by atoms with van der Waals surface area (Å²) in [5.41, 5.74) is 4.33. The van der Waals surface area contributed by atoms with E-state index in [-0.39, 0.29) is 5.91 Å². The summed E-state index contributed by atoms with van der Waals surface area (Å²) in [4.78, 5) is 12.5. The molecule has 0 bridgehead atoms. The Morgan fingerprint density at radius 1 is 1.15 bits per heavy atom. The predicted octanol–water partition coefficient (Wildman–Crippen LogP) is 5.08. The minimum atomic E-state index is -0.166. The van der Waals surface area contributed by atoms with Crippen LogP contribution in [0, 0.1) is 13.8 Å². The van der Waals surface area contributed by atoms with Gasteiger partial charge < -0.3 is 14.6 Å². The molecule has 140 valence electrons. The molecule has 0 atom stereocenters. The number of carbonyl (C=O) groups excluding carboxylic acids is 1. The average molecular weight is 364 g/mol. The molecule has 3 aromatic rings. The van der Waals surface area contributed by atoms with Crippen LogP contribution in [0.2, 0.25) is 0 Å². The fraction of sp³-hybridized carbons (Fsp3) is 0.273. The van der Waals surface area contributed by atoms with Crippen LogP contribution in [0.15, 0.2) is 53.1 Å². The molecule has 5 nitrogen and oxygen atoms in total. The summed E-state index contributed by atoms with van der Waals surface area (Å²) in [6.07, 6.45) is 2.14. The van der Waals surface area contributed by atoms with Gasteiger partial charge in [0.25, 0.3) is 5.91 Å². The van der Waals surface area contributed by atoms with Gasteiger partial charge in [-0.25, -0.2) is 0 Å². The smallest absolute Gasteiger partial charge is 0.255 e. The molecule has 3 rings (SSSR count). The Labute approximate surface area is 159 Å². The number of nitrogens with zero attached hydrogens (tertiary/aromatic N) is 1. The lowest BCUT2D eigenvalue weighted by Gasteiger charge is -2.09. The van der Waals surface area contributed by atoms with Gasteiger partial charge in [0.2, 0.25) is 0 Å². The minimum absolute atomic E-state index is 0.166. The van der Waals surface area contributed by atoms with Gasteiger partial charge in [-0.1, -0.05) is 36.7 Å². The third kappa shape index (κ3) is 4.76. The summed E-state index contributed by atoms with van der Waals surface area (Å²) >= 11 is 0. The van der Waals surface area contributed by atoms with E-state index in [4.69, 9.17) is 9.26 Å². The Bertz CT molecular complexity index is 894. The highest BCUT2D eigenvalue weighted by atomic mass is 16.5. The molecule has 1 heterocycles. The molecular formula is C22H24N2O3. The van der Waals surface area contributed by atoms with Crippen LogP contribution in [-0.2, 0) is 13.0 Å². The van der Waals surface area contributed by atoms with Crippen molar-refractivity contribution >= 4 is 11.6 Å². The maximum absolute atomic E-state index is 12.5. The number of aromatic nitrogens is 1. The molecule has 0 spiro atoms. The first-order valence-electron chi connectivity index (χ1n) is 9.11. The monoisotopic (exact) mass is 364 g/mol. The lowest BCUT2D eigenvalue weighted by Crippen LogP contribution is -2.12. The van der Waals surface area contributed by atoms with Gasteiger partial charge in [0.1, 0.15) is 18.1 Å². The number of anilines is 1. The van der Waals surface area contributed by atoms with E-state index in [0.717, 1.165) is 35.5 Å². The first kappa shape index (κ1) is 18.7. The van der Waals surface area contributed by atoms with Gasteiger partial charge in [-0.05, 0) is 56.2 Å². The van der Waals surface area contributed by atoms with Crippen molar-refractivity contribution in [1.29, 1.82) is 0 Å². The van der Waals surface area contributed by atoms with Crippen LogP contribution in [0.3, 0.4) is 0 Å². The third-order valence-electron chi connectivity index (χ3n) is 4.41. The Kier molecular flexibility index (Phi) is 5.91. The van der Waals surface area contributed by atoms with Crippen molar-refractivity contribution in [2.45, 2.75) is 40.2 Å². The van der Waals surface area contributed by atoms with Gasteiger partial charge in [0.05, 0.1) is 11.3 Å². The SMILES string of the molecule is CCCc1ccc(NC(=O)c2cccc(OCc3c(C)noc3C)c2)cc1. The van der Waals surface area contributed by atoms with Crippen molar-refractivity contribution in [2.24, 2.45) is 0 Å². The molecular weight excluding hydrogens is 340 g/mol. The third-order valence-corrected chi connectivity index (χ3v) is 4.41. The topological polar surface area (TPSA) is 64.4 Å². The Hall–Kier alpha value is -3.08. The maximum Gasteiger partial charge on any atom is 0.255 e. The first-order valence-corrected chi connectivity index (χ1v) is 9.11. The summed E-state index contributed by atoms with van der Waals surface area (Å²) in [6.45, 7) is 6.24. The van der Waals surface area contributed by atoms with Gasteiger partial charge in [-0.15, -0.1) is 0 Å². The van der Waals surface area contributed by atoms with E-state index in [1.165, 1.54) is 5.56 Å². The molecule has 1 amide bonds. The second kappa shape index (κ2) is 8.54. The highest BCUT2D eigenvalue weighted by Gasteiger charge is 2.11. The lowest BCUT2D eigenvalue weighted by molar-refractivity contribution is 0.102. The van der Waals surface area contributed by atoms with E-state index in [9.17, 15) is 4.79 Å². The van der Waals surface area contributed by atoms with Gasteiger partial charge >= 0.3 is 0 Å². The minimum Gasteiger partial charge on any atom is -0.489 e. The highest BCUT2D eigenvalue weighted by molar-refractivity contribution is 6.04. The number of carbonyl (C=O) groups is 1. The molecule has 0 aliphatic heterocycles. The van der Waals surface area contributed by atoms with Gasteiger partial charge in [0.15, 0.2) is 0 Å². The fourth-order valence-electron chi connectivity index (χ4n) is 2.84. The van der Waals surface area contributed by atoms with Crippen LogP contribution >= 0.6 is 0 Å². The number of hydrogen-bond acceptors (Lipinski definition) is 4. The number of hydrogen-bond donors (Lipinski definition) is 1. The van der Waals surface area contributed by atoms with E-state index in [0.29, 0.717) is 17.9 Å². The normalized spacial score (nSPS) is 10.6. The van der Waals surface area contributed by atoms with Crippen molar-refractivity contribution in [3.63, 3.8) is 0 Å². The van der Waals surface area contributed by atoms with E-state index < -0.39 is 0 Å². The average Bonchev–Trinajstić information content (AvgIpc) is 3.00. The van der Waals surface area contributed by atoms with E-state index >= 15 is 0 Å². The second-order valence-electron chi connectivity index (χ2n) is 6.52. The summed E-state index contributed by atoms with van der Waals surface area (Å²) in [5.74, 6) is 1.20. The van der Waals surface area contributed by atoms with E-state index in [2.05, 4.69) is 17.4 Å². The number of rotatable bonds is 7. The van der Waals surface area contributed by atoms with Crippen molar-refractivity contribution in [2.75, 3.05) is 5.32 Å². The van der Waals surface area contributed by atoms with Crippen LogP contribution in [0.25, 0.3) is 0 Å². The number of aryl methyl sites for hydroxylation is 3. The molecule has 0 aliphatic rings. The lowest BCUT2D eigenvalue weighted by atomic mass is 10.1. The molecule has 0 saturated heterocycles. The summed E-state index contributed by atoms with van der Waals surface area (Å²) in [5, 5.41) is 6.84. The van der Waals surface area contributed by atoms with Crippen molar-refractivity contribution < 1.29 is 14.1 Å². The molecule has 0 radical (unpaired) electrons. The van der Waals surface area contributed by atoms with Crippen LogP contribution in [0.4, 0.5) is 5.69 Å². The van der Waals surface area contributed by atoms with Crippen molar-refractivity contribution in [1.82, 2.24) is 5.16 Å². The summed E-state index contributed by atoms with van der Waals surface area (Å²) < 4.78 is 11.0. The first-order chi connectivity index (χ1) is 13.1. The Morgan fingerprint density at radius 2 is 1.93 bits per heavy atom. The molecule has 27 heavy (non-hydrogen) atoms. The largest absolute Gasteiger partial charge is 0.489 e. The van der Waals surface area contributed by atoms with Gasteiger partial charge in [-0.2, -0.15) is 0 Å². The maximum atomic E-state index is 12.5. The molecule has 2 aromatic carbocycles. The zero-order chi connectivity index (χ0) is 19.2. The van der Waals surface area contributed by atoms with E-state index in [1.807, 2.05) is 50.2 Å². The zero-order valence-corrected chi connectivity index (χ0v) is 15.9. The number of ether oxygens (including phenoxy) is 1. The Balaban J connectivity index is 1.64. The van der Waals surface area contributed by atoms with Crippen LogP contribution < -0.4 is 10.1 Å². The second-order valence-corrected chi connectivity index (χ2v) is 6.52. The van der Waals surface area contributed by atoms with Gasteiger partial charge in [-0.3, -0.25) is 4.79 Å². The summed E-state index contributed by atoms with van der Waals surface area (Å²) in [7, 11) is 0. The number of amides is 1. The van der Waals surface area contributed by atoms with Crippen LogP contribution in [-0.4, -0.2) is 11.1 Å². The molecule has 0 fully saturated rings. The van der Waals surface area contributed by atoms with Crippen molar-refractivity contribution in [3.8, 4) is 5.75 Å². The molecule has 0 unspecified atom stereocenters. The Morgan fingerprint density at radius 3 is 2.59 bits per heavy atom. The number of nitrogens with one attached hydrogen (secondary N) is 1. The standard InChI is InChI=1S/C22H24N2O3/c1-4-6-17-9-11-19(12-10-17)23-22(25)18-7-5-8-20(13-18)26-14-21-15(2)24-27-16(21)3/h5,7-13H,4,6,14H2,1-3H3,(H,23,25).